The minimum Gasteiger partial charge on any atom is -0.496 e. The molecule has 25 heavy (non-hydrogen) atoms. The van der Waals surface area contributed by atoms with Gasteiger partial charge in [-0.3, -0.25) is 4.79 Å². The van der Waals surface area contributed by atoms with Crippen LogP contribution in [0.25, 0.3) is 0 Å². The second-order valence-corrected chi connectivity index (χ2v) is 6.65. The molecule has 1 unspecified atom stereocenters. The van der Waals surface area contributed by atoms with E-state index in [2.05, 4.69) is 22.0 Å². The molecule has 0 bridgehead atoms. The lowest BCUT2D eigenvalue weighted by Gasteiger charge is -2.27. The van der Waals surface area contributed by atoms with Gasteiger partial charge in [0.25, 0.3) is 5.56 Å². The molecule has 7 heteroatoms. The molecule has 0 radical (unpaired) electrons. The molecule has 2 heterocycles. The Morgan fingerprint density at radius 1 is 1.40 bits per heavy atom. The zero-order valence-electron chi connectivity index (χ0n) is 14.0. The van der Waals surface area contributed by atoms with Gasteiger partial charge in [-0.15, -0.1) is 0 Å². The third-order valence-electron chi connectivity index (χ3n) is 4.36. The molecule has 2 N–H and O–H groups in total. The van der Waals surface area contributed by atoms with Gasteiger partial charge in [-0.2, -0.15) is 5.26 Å². The van der Waals surface area contributed by atoms with E-state index in [1.54, 1.807) is 33.2 Å². The van der Waals surface area contributed by atoms with E-state index in [1.807, 2.05) is 12.1 Å². The third-order valence-corrected chi connectivity index (χ3v) is 4.85. The van der Waals surface area contributed by atoms with Gasteiger partial charge >= 0.3 is 0 Å². The van der Waals surface area contributed by atoms with Gasteiger partial charge in [0.05, 0.1) is 18.6 Å². The van der Waals surface area contributed by atoms with E-state index in [4.69, 9.17) is 15.2 Å². The van der Waals surface area contributed by atoms with E-state index in [-0.39, 0.29) is 17.0 Å². The summed E-state index contributed by atoms with van der Waals surface area (Å²) in [6.45, 7) is 1.81. The maximum absolute atomic E-state index is 12.9. The minimum atomic E-state index is -0.666. The zero-order chi connectivity index (χ0) is 18.3. The molecule has 1 atom stereocenters. The molecule has 0 fully saturated rings. The Balaban J connectivity index is 2.40. The van der Waals surface area contributed by atoms with Crippen LogP contribution in [0, 0.1) is 18.3 Å². The van der Waals surface area contributed by atoms with Gasteiger partial charge in [-0.25, -0.2) is 0 Å². The second kappa shape index (κ2) is 6.30. The quantitative estimate of drug-likeness (QED) is 0.834. The highest BCUT2D eigenvalue weighted by Gasteiger charge is 2.35. The number of nitrogens with zero attached hydrogens (tertiary/aromatic N) is 2. The van der Waals surface area contributed by atoms with Gasteiger partial charge in [0.1, 0.15) is 23.1 Å². The molecule has 1 aliphatic heterocycles. The Labute approximate surface area is 153 Å². The van der Waals surface area contributed by atoms with Gasteiger partial charge in [0.2, 0.25) is 5.88 Å². The van der Waals surface area contributed by atoms with Crippen LogP contribution in [0.3, 0.4) is 0 Å². The number of rotatable bonds is 2. The average Bonchev–Trinajstić information content (AvgIpc) is 2.58. The maximum Gasteiger partial charge on any atom is 0.258 e. The molecule has 1 aromatic carbocycles. The second-order valence-electron chi connectivity index (χ2n) is 5.74. The largest absolute Gasteiger partial charge is 0.496 e. The topological polar surface area (TPSA) is 90.3 Å². The number of benzene rings is 1. The van der Waals surface area contributed by atoms with Gasteiger partial charge < -0.3 is 19.8 Å². The maximum atomic E-state index is 12.9. The number of pyridine rings is 1. The first-order valence-corrected chi connectivity index (χ1v) is 8.29. The first kappa shape index (κ1) is 17.1. The Bertz CT molecular complexity index is 1000. The highest BCUT2D eigenvalue weighted by molar-refractivity contribution is 9.10. The summed E-state index contributed by atoms with van der Waals surface area (Å²) in [6, 6.07) is 9.26. The zero-order valence-corrected chi connectivity index (χ0v) is 15.5. The smallest absolute Gasteiger partial charge is 0.258 e. The summed E-state index contributed by atoms with van der Waals surface area (Å²) < 4.78 is 13.3. The van der Waals surface area contributed by atoms with Crippen LogP contribution >= 0.6 is 15.9 Å². The summed E-state index contributed by atoms with van der Waals surface area (Å²) in [6.07, 6.45) is 0. The number of aryl methyl sites for hydroxylation is 1. The van der Waals surface area contributed by atoms with Crippen molar-refractivity contribution in [3.8, 4) is 17.6 Å². The molecule has 2 aromatic rings. The fraction of sp³-hybridized carbons (Fsp3) is 0.222. The molecular weight excluding hydrogens is 386 g/mol. The summed E-state index contributed by atoms with van der Waals surface area (Å²) >= 11 is 3.43. The standard InChI is InChI=1S/C18H16BrN3O3/c1-9-6-14-16(18(23)22(9)2)15(12(8-20)17(21)25-14)11-7-10(19)4-5-13(11)24-3/h4-7,15H,21H2,1-3H3. The van der Waals surface area contributed by atoms with E-state index >= 15 is 0 Å². The Hall–Kier alpha value is -2.72. The predicted octanol–water partition coefficient (Wildman–Crippen LogP) is 2.68. The van der Waals surface area contributed by atoms with Crippen molar-refractivity contribution in [3.05, 3.63) is 67.4 Å². The fourth-order valence-electron chi connectivity index (χ4n) is 2.98. The Morgan fingerprint density at radius 3 is 2.76 bits per heavy atom. The van der Waals surface area contributed by atoms with Crippen LogP contribution in [0.15, 0.2) is 45.0 Å². The molecule has 6 nitrogen and oxygen atoms in total. The van der Waals surface area contributed by atoms with Crippen molar-refractivity contribution in [1.29, 1.82) is 5.26 Å². The van der Waals surface area contributed by atoms with Crippen molar-refractivity contribution in [2.24, 2.45) is 12.8 Å². The Kier molecular flexibility index (Phi) is 4.31. The van der Waals surface area contributed by atoms with Crippen LogP contribution in [0.5, 0.6) is 11.5 Å². The average molecular weight is 402 g/mol. The van der Waals surface area contributed by atoms with Crippen molar-refractivity contribution in [3.63, 3.8) is 0 Å². The van der Waals surface area contributed by atoms with Gasteiger partial charge in [-0.05, 0) is 25.1 Å². The minimum absolute atomic E-state index is 0.00492. The molecule has 3 rings (SSSR count). The number of nitriles is 1. The number of hydrogen-bond acceptors (Lipinski definition) is 5. The molecule has 0 amide bonds. The van der Waals surface area contributed by atoms with Crippen molar-refractivity contribution in [2.45, 2.75) is 12.8 Å². The van der Waals surface area contributed by atoms with Gasteiger partial charge in [0.15, 0.2) is 0 Å². The molecule has 1 aliphatic rings. The van der Waals surface area contributed by atoms with Crippen molar-refractivity contribution in [2.75, 3.05) is 7.11 Å². The van der Waals surface area contributed by atoms with Crippen molar-refractivity contribution in [1.82, 2.24) is 4.57 Å². The molecule has 128 valence electrons. The monoisotopic (exact) mass is 401 g/mol. The molecule has 1 aromatic heterocycles. The van der Waals surface area contributed by atoms with E-state index in [1.165, 1.54) is 4.57 Å². The summed E-state index contributed by atoms with van der Waals surface area (Å²) in [5, 5.41) is 9.64. The number of fused-ring (bicyclic) bond motifs is 1. The highest BCUT2D eigenvalue weighted by atomic mass is 79.9. The number of ether oxygens (including phenoxy) is 2. The number of hydrogen-bond donors (Lipinski definition) is 1. The van der Waals surface area contributed by atoms with Crippen LogP contribution in [-0.2, 0) is 7.05 Å². The number of allylic oxidation sites excluding steroid dienone is 1. The lowest BCUT2D eigenvalue weighted by molar-refractivity contribution is 0.383. The SMILES string of the molecule is COc1ccc(Br)cc1C1C(C#N)=C(N)Oc2cc(C)n(C)c(=O)c21. The molecule has 0 spiro atoms. The Morgan fingerprint density at radius 2 is 2.12 bits per heavy atom. The van der Waals surface area contributed by atoms with Gasteiger partial charge in [-0.1, -0.05) is 15.9 Å². The molecular formula is C18H16BrN3O3. The third kappa shape index (κ3) is 2.68. The van der Waals surface area contributed by atoms with Crippen LogP contribution < -0.4 is 20.8 Å². The lowest BCUT2D eigenvalue weighted by Crippen LogP contribution is -2.31. The first-order valence-electron chi connectivity index (χ1n) is 7.50. The van der Waals surface area contributed by atoms with Crippen molar-refractivity contribution >= 4 is 15.9 Å². The molecule has 0 saturated carbocycles. The highest BCUT2D eigenvalue weighted by Crippen LogP contribution is 2.44. The van der Waals surface area contributed by atoms with Crippen LogP contribution in [0.4, 0.5) is 0 Å². The lowest BCUT2D eigenvalue weighted by atomic mass is 9.83. The first-order chi connectivity index (χ1) is 11.9. The van der Waals surface area contributed by atoms with Crippen LogP contribution in [0.2, 0.25) is 0 Å². The van der Waals surface area contributed by atoms with Crippen LogP contribution in [0.1, 0.15) is 22.7 Å². The van der Waals surface area contributed by atoms with Gasteiger partial charge in [0, 0.05) is 28.8 Å². The normalized spacial score (nSPS) is 16.0. The van der Waals surface area contributed by atoms with E-state index in [9.17, 15) is 10.1 Å². The van der Waals surface area contributed by atoms with Crippen LogP contribution in [-0.4, -0.2) is 11.7 Å². The van der Waals surface area contributed by atoms with Crippen molar-refractivity contribution < 1.29 is 9.47 Å². The fourth-order valence-corrected chi connectivity index (χ4v) is 3.36. The van der Waals surface area contributed by atoms with E-state index in [0.717, 1.165) is 10.2 Å². The van der Waals surface area contributed by atoms with E-state index in [0.29, 0.717) is 22.6 Å². The summed E-state index contributed by atoms with van der Waals surface area (Å²) in [5.41, 5.74) is 7.70. The summed E-state index contributed by atoms with van der Waals surface area (Å²) in [7, 11) is 3.22. The molecule has 0 aliphatic carbocycles. The summed E-state index contributed by atoms with van der Waals surface area (Å²) in [4.78, 5) is 12.9. The summed E-state index contributed by atoms with van der Waals surface area (Å²) in [5.74, 6) is 0.253. The number of aromatic nitrogens is 1. The molecule has 0 saturated heterocycles. The van der Waals surface area contributed by atoms with E-state index < -0.39 is 5.92 Å². The number of nitrogens with two attached hydrogens (primary N) is 1. The number of halogens is 1. The predicted molar refractivity (Wildman–Crippen MR) is 96.4 cm³/mol. The number of methoxy groups -OCH3 is 1.